The van der Waals surface area contributed by atoms with Crippen LogP contribution in [-0.2, 0) is 19.1 Å². The van der Waals surface area contributed by atoms with E-state index >= 15 is 0 Å². The highest BCUT2D eigenvalue weighted by Gasteiger charge is 2.23. The molecule has 0 aromatic rings. The molecule has 0 heterocycles. The van der Waals surface area contributed by atoms with Crippen molar-refractivity contribution in [2.75, 3.05) is 6.61 Å². The molecule has 1 N–H and O–H groups in total. The van der Waals surface area contributed by atoms with Gasteiger partial charge < -0.3 is 14.6 Å². The summed E-state index contributed by atoms with van der Waals surface area (Å²) in [5.41, 5.74) is -0.621. The summed E-state index contributed by atoms with van der Waals surface area (Å²) >= 11 is 0. The van der Waals surface area contributed by atoms with E-state index in [4.69, 9.17) is 14.6 Å². The minimum Gasteiger partial charge on any atom is -0.481 e. The Morgan fingerprint density at radius 3 is 2.29 bits per heavy atom. The van der Waals surface area contributed by atoms with E-state index in [0.717, 1.165) is 0 Å². The molecule has 5 nitrogen and oxygen atoms in total. The van der Waals surface area contributed by atoms with Crippen molar-refractivity contribution in [1.29, 1.82) is 0 Å². The highest BCUT2D eigenvalue weighted by Crippen LogP contribution is 2.16. The second-order valence-corrected chi connectivity index (χ2v) is 4.80. The molecule has 5 heteroatoms. The van der Waals surface area contributed by atoms with Crippen molar-refractivity contribution in [3.63, 3.8) is 0 Å². The zero-order valence-electron chi connectivity index (χ0n) is 11.0. The smallest absolute Gasteiger partial charge is 0.306 e. The monoisotopic (exact) mass is 246 g/mol. The summed E-state index contributed by atoms with van der Waals surface area (Å²) < 4.78 is 10.6. The zero-order chi connectivity index (χ0) is 13.5. The Kier molecular flexibility index (Phi) is 6.80. The third-order valence-corrected chi connectivity index (χ3v) is 2.09. The highest BCUT2D eigenvalue weighted by molar-refractivity contribution is 5.76. The summed E-state index contributed by atoms with van der Waals surface area (Å²) in [7, 11) is 0. The number of hydrogen-bond acceptors (Lipinski definition) is 4. The van der Waals surface area contributed by atoms with E-state index in [-0.39, 0.29) is 18.9 Å². The number of esters is 1. The minimum atomic E-state index is -0.997. The van der Waals surface area contributed by atoms with E-state index < -0.39 is 17.5 Å². The molecule has 0 spiro atoms. The first-order valence-electron chi connectivity index (χ1n) is 5.78. The number of carboxylic acids is 1. The second-order valence-electron chi connectivity index (χ2n) is 4.80. The summed E-state index contributed by atoms with van der Waals surface area (Å²) in [6.45, 7) is 7.96. The molecule has 0 saturated heterocycles. The molecule has 0 aliphatic rings. The summed E-state index contributed by atoms with van der Waals surface area (Å²) in [4.78, 5) is 21.6. The Morgan fingerprint density at radius 2 is 1.82 bits per heavy atom. The average molecular weight is 246 g/mol. The van der Waals surface area contributed by atoms with Crippen molar-refractivity contribution in [2.45, 2.75) is 58.7 Å². The van der Waals surface area contributed by atoms with Crippen LogP contribution in [0.4, 0.5) is 0 Å². The van der Waals surface area contributed by atoms with Gasteiger partial charge in [-0.3, -0.25) is 9.59 Å². The van der Waals surface area contributed by atoms with Gasteiger partial charge in [-0.25, -0.2) is 0 Å². The van der Waals surface area contributed by atoms with Gasteiger partial charge in [0, 0.05) is 6.42 Å². The first kappa shape index (κ1) is 15.9. The molecule has 17 heavy (non-hydrogen) atoms. The standard InChI is InChI=1S/C12H22O5/c1-9(2)16-8-7-12(3,4)17-11(15)6-5-10(13)14/h9H,5-8H2,1-4H3,(H,13,14). The van der Waals surface area contributed by atoms with Crippen molar-refractivity contribution in [3.8, 4) is 0 Å². The van der Waals surface area contributed by atoms with Crippen molar-refractivity contribution in [2.24, 2.45) is 0 Å². The summed E-state index contributed by atoms with van der Waals surface area (Å²) in [6.07, 6.45) is 0.444. The van der Waals surface area contributed by atoms with Gasteiger partial charge in [0.2, 0.25) is 0 Å². The van der Waals surface area contributed by atoms with Gasteiger partial charge in [-0.05, 0) is 27.7 Å². The molecular formula is C12H22O5. The molecule has 0 aliphatic heterocycles. The van der Waals surface area contributed by atoms with Crippen molar-refractivity contribution < 1.29 is 24.2 Å². The SMILES string of the molecule is CC(C)OCCC(C)(C)OC(=O)CCC(=O)O. The predicted molar refractivity (Wildman–Crippen MR) is 62.7 cm³/mol. The van der Waals surface area contributed by atoms with Gasteiger partial charge >= 0.3 is 11.9 Å². The van der Waals surface area contributed by atoms with Crippen molar-refractivity contribution in [3.05, 3.63) is 0 Å². The van der Waals surface area contributed by atoms with Gasteiger partial charge in [0.25, 0.3) is 0 Å². The molecule has 0 rings (SSSR count). The van der Waals surface area contributed by atoms with Gasteiger partial charge in [0.15, 0.2) is 0 Å². The van der Waals surface area contributed by atoms with Gasteiger partial charge in [0.1, 0.15) is 5.60 Å². The normalized spacial score (nSPS) is 11.6. The van der Waals surface area contributed by atoms with Crippen LogP contribution in [0.2, 0.25) is 0 Å². The number of ether oxygens (including phenoxy) is 2. The predicted octanol–water partition coefficient (Wildman–Crippen LogP) is 1.99. The number of rotatable bonds is 8. The first-order chi connectivity index (χ1) is 7.73. The second kappa shape index (κ2) is 7.27. The molecular weight excluding hydrogens is 224 g/mol. The lowest BCUT2D eigenvalue weighted by molar-refractivity contribution is -0.160. The summed E-state index contributed by atoms with van der Waals surface area (Å²) in [5.74, 6) is -1.48. The molecule has 0 atom stereocenters. The van der Waals surface area contributed by atoms with Crippen LogP contribution in [-0.4, -0.2) is 35.4 Å². The van der Waals surface area contributed by atoms with Crippen LogP contribution in [0.3, 0.4) is 0 Å². The van der Waals surface area contributed by atoms with Crippen LogP contribution in [0, 0.1) is 0 Å². The van der Waals surface area contributed by atoms with Gasteiger partial charge in [0.05, 0.1) is 25.6 Å². The fraction of sp³-hybridized carbons (Fsp3) is 0.833. The average Bonchev–Trinajstić information content (AvgIpc) is 2.12. The number of hydrogen-bond donors (Lipinski definition) is 1. The topological polar surface area (TPSA) is 72.8 Å². The zero-order valence-corrected chi connectivity index (χ0v) is 11.0. The summed E-state index contributed by atoms with van der Waals surface area (Å²) in [5, 5.41) is 8.44. The van der Waals surface area contributed by atoms with E-state index in [1.165, 1.54) is 0 Å². The molecule has 0 aliphatic carbocycles. The quantitative estimate of drug-likeness (QED) is 0.663. The largest absolute Gasteiger partial charge is 0.481 e. The summed E-state index contributed by atoms with van der Waals surface area (Å²) in [6, 6.07) is 0. The third kappa shape index (κ3) is 9.81. The van der Waals surface area contributed by atoms with Crippen LogP contribution in [0.25, 0.3) is 0 Å². The number of carbonyl (C=O) groups is 2. The maximum atomic E-state index is 11.3. The Hall–Kier alpha value is -1.10. The molecule has 0 saturated carbocycles. The van der Waals surface area contributed by atoms with E-state index in [1.54, 1.807) is 13.8 Å². The van der Waals surface area contributed by atoms with E-state index in [2.05, 4.69) is 0 Å². The Balaban J connectivity index is 3.89. The molecule has 0 aromatic heterocycles. The van der Waals surface area contributed by atoms with E-state index in [9.17, 15) is 9.59 Å². The van der Waals surface area contributed by atoms with Crippen LogP contribution in [0.15, 0.2) is 0 Å². The number of aliphatic carboxylic acids is 1. The minimum absolute atomic E-state index is 0.0935. The molecule has 0 bridgehead atoms. The van der Waals surface area contributed by atoms with E-state index in [1.807, 2.05) is 13.8 Å². The molecule has 0 aromatic carbocycles. The lowest BCUT2D eigenvalue weighted by Gasteiger charge is -2.25. The number of carboxylic acid groups (broad SMARTS) is 1. The van der Waals surface area contributed by atoms with Crippen LogP contribution in [0.5, 0.6) is 0 Å². The Bertz CT molecular complexity index is 258. The molecule has 0 radical (unpaired) electrons. The molecule has 100 valence electrons. The van der Waals surface area contributed by atoms with Crippen molar-refractivity contribution >= 4 is 11.9 Å². The maximum absolute atomic E-state index is 11.3. The fourth-order valence-electron chi connectivity index (χ4n) is 1.16. The Labute approximate surface area is 102 Å². The van der Waals surface area contributed by atoms with Crippen molar-refractivity contribution in [1.82, 2.24) is 0 Å². The van der Waals surface area contributed by atoms with Gasteiger partial charge in [-0.15, -0.1) is 0 Å². The highest BCUT2D eigenvalue weighted by atomic mass is 16.6. The third-order valence-electron chi connectivity index (χ3n) is 2.09. The maximum Gasteiger partial charge on any atom is 0.306 e. The Morgan fingerprint density at radius 1 is 1.24 bits per heavy atom. The number of carbonyl (C=O) groups excluding carboxylic acids is 1. The van der Waals surface area contributed by atoms with Gasteiger partial charge in [-0.1, -0.05) is 0 Å². The molecule has 0 amide bonds. The lowest BCUT2D eigenvalue weighted by atomic mass is 10.1. The lowest BCUT2D eigenvalue weighted by Crippen LogP contribution is -2.30. The van der Waals surface area contributed by atoms with Crippen LogP contribution < -0.4 is 0 Å². The van der Waals surface area contributed by atoms with Gasteiger partial charge in [-0.2, -0.15) is 0 Å². The van der Waals surface area contributed by atoms with E-state index in [0.29, 0.717) is 13.0 Å². The van der Waals surface area contributed by atoms with Crippen LogP contribution >= 0.6 is 0 Å². The first-order valence-corrected chi connectivity index (χ1v) is 5.78. The molecule has 0 fully saturated rings. The fourth-order valence-corrected chi connectivity index (χ4v) is 1.16. The van der Waals surface area contributed by atoms with Crippen LogP contribution in [0.1, 0.15) is 47.0 Å². The molecule has 0 unspecified atom stereocenters.